The molecule has 1 aromatic carbocycles. The Kier molecular flexibility index (Phi) is 4.83. The normalized spacial score (nSPS) is 19.5. The van der Waals surface area contributed by atoms with Crippen molar-refractivity contribution in [3.05, 3.63) is 34.9 Å². The molecule has 0 aliphatic carbocycles. The zero-order valence-electron chi connectivity index (χ0n) is 14.1. The molecule has 1 fully saturated rings. The van der Waals surface area contributed by atoms with E-state index in [0.717, 1.165) is 11.1 Å². The summed E-state index contributed by atoms with van der Waals surface area (Å²) in [5.74, 6) is -1.10. The minimum Gasteiger partial charge on any atom is -0.478 e. The number of benzene rings is 1. The Morgan fingerprint density at radius 1 is 1.12 bits per heavy atom. The van der Waals surface area contributed by atoms with Gasteiger partial charge in [0.15, 0.2) is 0 Å². The number of fused-ring (bicyclic) bond motifs is 1. The van der Waals surface area contributed by atoms with E-state index in [-0.39, 0.29) is 17.4 Å². The zero-order valence-corrected chi connectivity index (χ0v) is 15.0. The third kappa shape index (κ3) is 3.85. The summed E-state index contributed by atoms with van der Waals surface area (Å²) >= 11 is 0. The second-order valence-corrected chi connectivity index (χ2v) is 8.72. The van der Waals surface area contributed by atoms with Crippen LogP contribution in [-0.4, -0.2) is 60.5 Å². The van der Waals surface area contributed by atoms with Crippen LogP contribution in [0.4, 0.5) is 0 Å². The van der Waals surface area contributed by atoms with E-state index in [0.29, 0.717) is 45.4 Å². The Bertz CT molecular complexity index is 797. The van der Waals surface area contributed by atoms with Crippen LogP contribution in [0.15, 0.2) is 18.2 Å². The standard InChI is InChI=1S/C17H22N2O5S/c1-25(23,24)19-8-5-13(6-9-19)16(20)18-7-4-12-2-3-14(17(21)22)10-15(12)11-18/h2-3,10,13H,4-9,11H2,1H3,(H,21,22). The number of piperidine rings is 1. The lowest BCUT2D eigenvalue weighted by molar-refractivity contribution is -0.137. The molecule has 1 aromatic rings. The van der Waals surface area contributed by atoms with Gasteiger partial charge in [-0.15, -0.1) is 0 Å². The topological polar surface area (TPSA) is 95.0 Å². The van der Waals surface area contributed by atoms with Gasteiger partial charge in [0, 0.05) is 32.1 Å². The second-order valence-electron chi connectivity index (χ2n) is 6.73. The molecule has 2 aliphatic heterocycles. The summed E-state index contributed by atoms with van der Waals surface area (Å²) in [6.07, 6.45) is 2.97. The summed E-state index contributed by atoms with van der Waals surface area (Å²) in [5, 5.41) is 9.12. The summed E-state index contributed by atoms with van der Waals surface area (Å²) in [4.78, 5) is 25.7. The van der Waals surface area contributed by atoms with Crippen molar-refractivity contribution in [2.75, 3.05) is 25.9 Å². The molecule has 0 spiro atoms. The summed E-state index contributed by atoms with van der Waals surface area (Å²) in [7, 11) is -3.20. The molecule has 136 valence electrons. The van der Waals surface area contributed by atoms with Gasteiger partial charge in [0.2, 0.25) is 15.9 Å². The number of nitrogens with zero attached hydrogens (tertiary/aromatic N) is 2. The summed E-state index contributed by atoms with van der Waals surface area (Å²) in [5.41, 5.74) is 2.20. The van der Waals surface area contributed by atoms with Gasteiger partial charge in [0.25, 0.3) is 0 Å². The number of hydrogen-bond acceptors (Lipinski definition) is 4. The third-order valence-corrected chi connectivity index (χ3v) is 6.35. The van der Waals surface area contributed by atoms with Gasteiger partial charge in [-0.3, -0.25) is 4.79 Å². The second kappa shape index (κ2) is 6.76. The molecule has 7 nitrogen and oxygen atoms in total. The van der Waals surface area contributed by atoms with E-state index in [4.69, 9.17) is 5.11 Å². The van der Waals surface area contributed by atoms with Crippen LogP contribution in [-0.2, 0) is 27.8 Å². The highest BCUT2D eigenvalue weighted by molar-refractivity contribution is 7.88. The Morgan fingerprint density at radius 3 is 2.40 bits per heavy atom. The van der Waals surface area contributed by atoms with Gasteiger partial charge in [-0.05, 0) is 42.5 Å². The highest BCUT2D eigenvalue weighted by Gasteiger charge is 2.32. The van der Waals surface area contributed by atoms with Gasteiger partial charge in [-0.2, -0.15) is 0 Å². The highest BCUT2D eigenvalue weighted by atomic mass is 32.2. The van der Waals surface area contributed by atoms with Crippen LogP contribution < -0.4 is 0 Å². The number of carboxylic acid groups (broad SMARTS) is 1. The first-order chi connectivity index (χ1) is 11.8. The Balaban J connectivity index is 1.67. The molecule has 2 heterocycles. The van der Waals surface area contributed by atoms with Crippen molar-refractivity contribution in [1.29, 1.82) is 0 Å². The SMILES string of the molecule is CS(=O)(=O)N1CCC(C(=O)N2CCc3ccc(C(=O)O)cc3C2)CC1. The van der Waals surface area contributed by atoms with Crippen LogP contribution >= 0.6 is 0 Å². The maximum atomic E-state index is 12.8. The van der Waals surface area contributed by atoms with Gasteiger partial charge in [-0.1, -0.05) is 6.07 Å². The van der Waals surface area contributed by atoms with E-state index in [1.54, 1.807) is 17.0 Å². The number of rotatable bonds is 3. The van der Waals surface area contributed by atoms with Crippen molar-refractivity contribution in [1.82, 2.24) is 9.21 Å². The summed E-state index contributed by atoms with van der Waals surface area (Å²) in [6, 6.07) is 5.06. The van der Waals surface area contributed by atoms with E-state index in [1.165, 1.54) is 10.6 Å². The first-order valence-corrected chi connectivity index (χ1v) is 10.2. The monoisotopic (exact) mass is 366 g/mol. The van der Waals surface area contributed by atoms with Gasteiger partial charge >= 0.3 is 5.97 Å². The fraction of sp³-hybridized carbons (Fsp3) is 0.529. The van der Waals surface area contributed by atoms with E-state index in [2.05, 4.69) is 0 Å². The van der Waals surface area contributed by atoms with Crippen LogP contribution in [0.25, 0.3) is 0 Å². The van der Waals surface area contributed by atoms with Crippen molar-refractivity contribution in [2.45, 2.75) is 25.8 Å². The van der Waals surface area contributed by atoms with Crippen LogP contribution in [0.2, 0.25) is 0 Å². The Labute approximate surface area is 147 Å². The Morgan fingerprint density at radius 2 is 1.80 bits per heavy atom. The van der Waals surface area contributed by atoms with Crippen LogP contribution in [0.1, 0.15) is 34.3 Å². The molecular weight excluding hydrogens is 344 g/mol. The molecule has 1 N–H and O–H groups in total. The number of carboxylic acids is 1. The Hall–Kier alpha value is -1.93. The number of hydrogen-bond donors (Lipinski definition) is 1. The first kappa shape index (κ1) is 17.9. The third-order valence-electron chi connectivity index (χ3n) is 5.05. The maximum absolute atomic E-state index is 12.8. The molecule has 1 amide bonds. The minimum absolute atomic E-state index is 0.0412. The van der Waals surface area contributed by atoms with E-state index in [9.17, 15) is 18.0 Å². The molecule has 25 heavy (non-hydrogen) atoms. The molecule has 2 aliphatic rings. The molecule has 0 saturated carbocycles. The van der Waals surface area contributed by atoms with Crippen LogP contribution in [0.3, 0.4) is 0 Å². The van der Waals surface area contributed by atoms with E-state index >= 15 is 0 Å². The lowest BCUT2D eigenvalue weighted by atomic mass is 9.93. The predicted molar refractivity (Wildman–Crippen MR) is 91.7 cm³/mol. The minimum atomic E-state index is -3.20. The maximum Gasteiger partial charge on any atom is 0.335 e. The number of carbonyl (C=O) groups excluding carboxylic acids is 1. The smallest absolute Gasteiger partial charge is 0.335 e. The fourth-order valence-corrected chi connectivity index (χ4v) is 4.44. The molecule has 0 unspecified atom stereocenters. The van der Waals surface area contributed by atoms with Crippen molar-refractivity contribution in [3.63, 3.8) is 0 Å². The van der Waals surface area contributed by atoms with Crippen molar-refractivity contribution >= 4 is 21.9 Å². The quantitative estimate of drug-likeness (QED) is 0.859. The molecule has 3 rings (SSSR count). The average molecular weight is 366 g/mol. The molecule has 0 radical (unpaired) electrons. The summed E-state index contributed by atoms with van der Waals surface area (Å²) < 4.78 is 24.6. The molecule has 8 heteroatoms. The largest absolute Gasteiger partial charge is 0.478 e. The van der Waals surface area contributed by atoms with Crippen molar-refractivity contribution in [2.24, 2.45) is 5.92 Å². The lowest BCUT2D eigenvalue weighted by Crippen LogP contribution is -2.45. The van der Waals surface area contributed by atoms with E-state index < -0.39 is 16.0 Å². The average Bonchev–Trinajstić information content (AvgIpc) is 2.59. The number of carbonyl (C=O) groups is 2. The van der Waals surface area contributed by atoms with Gasteiger partial charge in [-0.25, -0.2) is 17.5 Å². The molecule has 1 saturated heterocycles. The van der Waals surface area contributed by atoms with Gasteiger partial charge in [0.1, 0.15) is 0 Å². The molecule has 0 aromatic heterocycles. The van der Waals surface area contributed by atoms with Crippen LogP contribution in [0.5, 0.6) is 0 Å². The van der Waals surface area contributed by atoms with Crippen molar-refractivity contribution in [3.8, 4) is 0 Å². The van der Waals surface area contributed by atoms with Gasteiger partial charge in [0.05, 0.1) is 11.8 Å². The number of amides is 1. The fourth-order valence-electron chi connectivity index (χ4n) is 3.57. The number of aromatic carboxylic acids is 1. The lowest BCUT2D eigenvalue weighted by Gasteiger charge is -2.35. The highest BCUT2D eigenvalue weighted by Crippen LogP contribution is 2.26. The first-order valence-electron chi connectivity index (χ1n) is 8.34. The predicted octanol–water partition coefficient (Wildman–Crippen LogP) is 0.941. The zero-order chi connectivity index (χ0) is 18.2. The van der Waals surface area contributed by atoms with Crippen molar-refractivity contribution < 1.29 is 23.1 Å². The molecule has 0 atom stereocenters. The van der Waals surface area contributed by atoms with Gasteiger partial charge < -0.3 is 10.0 Å². The van der Waals surface area contributed by atoms with E-state index in [1.807, 2.05) is 6.07 Å². The molecular formula is C17H22N2O5S. The molecule has 0 bridgehead atoms. The van der Waals surface area contributed by atoms with Crippen LogP contribution in [0, 0.1) is 5.92 Å². The summed E-state index contributed by atoms with van der Waals surface area (Å²) in [6.45, 7) is 1.79. The number of sulfonamides is 1.